The van der Waals surface area contributed by atoms with Gasteiger partial charge in [0.2, 0.25) is 5.06 Å². The number of alkyl halides is 3. The summed E-state index contributed by atoms with van der Waals surface area (Å²) in [6.45, 7) is 4.42. The van der Waals surface area contributed by atoms with Gasteiger partial charge in [0.25, 0.3) is 5.91 Å². The summed E-state index contributed by atoms with van der Waals surface area (Å²) in [5.74, 6) is -1.36. The summed E-state index contributed by atoms with van der Waals surface area (Å²) in [7, 11) is 1.15. The van der Waals surface area contributed by atoms with Crippen LogP contribution in [0, 0.1) is 0 Å². The number of aromatic nitrogens is 2. The third kappa shape index (κ3) is 5.04. The normalized spacial score (nSPS) is 16.2. The van der Waals surface area contributed by atoms with Crippen LogP contribution in [0.4, 0.5) is 13.2 Å². The van der Waals surface area contributed by atoms with Crippen molar-refractivity contribution < 1.29 is 32.2 Å². The molecule has 0 bridgehead atoms. The summed E-state index contributed by atoms with van der Waals surface area (Å²) in [6, 6.07) is 0.404. The lowest BCUT2D eigenvalue weighted by Crippen LogP contribution is -2.46. The molecule has 0 atom stereocenters. The Labute approximate surface area is 174 Å². The molecule has 12 heteroatoms. The Kier molecular flexibility index (Phi) is 6.56. The van der Waals surface area contributed by atoms with E-state index in [0.29, 0.717) is 17.4 Å². The monoisotopic (exact) mass is 448 g/mol. The van der Waals surface area contributed by atoms with E-state index in [1.54, 1.807) is 0 Å². The highest BCUT2D eigenvalue weighted by molar-refractivity contribution is 7.17. The largest absolute Gasteiger partial charge is 0.473 e. The Morgan fingerprint density at radius 2 is 2.00 bits per heavy atom. The van der Waals surface area contributed by atoms with Gasteiger partial charge in [0.1, 0.15) is 15.9 Å². The van der Waals surface area contributed by atoms with Gasteiger partial charge < -0.3 is 24.7 Å². The number of amides is 1. The van der Waals surface area contributed by atoms with Crippen LogP contribution in [0.15, 0.2) is 0 Å². The van der Waals surface area contributed by atoms with Crippen LogP contribution in [0.2, 0.25) is 0 Å². The molecule has 1 saturated heterocycles. The highest BCUT2D eigenvalue weighted by atomic mass is 32.1. The lowest BCUT2D eigenvalue weighted by atomic mass is 10.0. The zero-order valence-corrected chi connectivity index (χ0v) is 17.6. The van der Waals surface area contributed by atoms with E-state index in [2.05, 4.69) is 38.8 Å². The van der Waals surface area contributed by atoms with Gasteiger partial charge in [-0.3, -0.25) is 4.79 Å². The van der Waals surface area contributed by atoms with Crippen molar-refractivity contribution in [3.05, 3.63) is 10.7 Å². The number of esters is 1. The molecule has 0 aromatic carbocycles. The molecule has 166 valence electrons. The number of ether oxygens (including phenoxy) is 2. The zero-order chi connectivity index (χ0) is 22.1. The lowest BCUT2D eigenvalue weighted by molar-refractivity contribution is -0.152. The van der Waals surface area contributed by atoms with Crippen LogP contribution in [0.5, 0.6) is 5.06 Å². The molecule has 1 aliphatic rings. The van der Waals surface area contributed by atoms with Crippen molar-refractivity contribution in [1.82, 2.24) is 20.2 Å². The van der Waals surface area contributed by atoms with Crippen LogP contribution in [0.3, 0.4) is 0 Å². The van der Waals surface area contributed by atoms with Crippen LogP contribution in [-0.4, -0.2) is 71.8 Å². The Bertz CT molecular complexity index is 917. The summed E-state index contributed by atoms with van der Waals surface area (Å²) >= 11 is 0.684. The standard InChI is InChI=1S/C18H23F3N4O4S/c1-9(2)25-6-4-10(5-7-25)22-15(26)14-23-11-12(24-14)17(29-8-18(19,20)21)30-13(11)16(27)28-3/h9-10H,4-8H2,1-3H3,(H,22,26)(H,23,24). The number of imidazole rings is 1. The third-order valence-corrected chi connectivity index (χ3v) is 5.94. The van der Waals surface area contributed by atoms with E-state index >= 15 is 0 Å². The number of halogens is 3. The summed E-state index contributed by atoms with van der Waals surface area (Å²) in [4.78, 5) is 33.7. The first kappa shape index (κ1) is 22.3. The van der Waals surface area contributed by atoms with Crippen LogP contribution in [0.25, 0.3) is 11.0 Å². The van der Waals surface area contributed by atoms with E-state index in [0.717, 1.165) is 33.0 Å². The van der Waals surface area contributed by atoms with Gasteiger partial charge >= 0.3 is 12.1 Å². The number of aromatic amines is 1. The number of methoxy groups -OCH3 is 1. The topological polar surface area (TPSA) is 96.5 Å². The van der Waals surface area contributed by atoms with Crippen molar-refractivity contribution in [2.45, 2.75) is 44.9 Å². The molecule has 0 unspecified atom stereocenters. The van der Waals surface area contributed by atoms with Crippen molar-refractivity contribution in [2.75, 3.05) is 26.8 Å². The van der Waals surface area contributed by atoms with Crippen molar-refractivity contribution in [2.24, 2.45) is 0 Å². The molecule has 1 aliphatic heterocycles. The lowest BCUT2D eigenvalue weighted by Gasteiger charge is -2.34. The maximum Gasteiger partial charge on any atom is 0.422 e. The van der Waals surface area contributed by atoms with E-state index < -0.39 is 24.7 Å². The summed E-state index contributed by atoms with van der Waals surface area (Å²) in [5.41, 5.74) is 0.105. The highest BCUT2D eigenvalue weighted by Gasteiger charge is 2.31. The number of rotatable bonds is 6. The first-order valence-corrected chi connectivity index (χ1v) is 10.3. The number of H-pyrrole nitrogens is 1. The van der Waals surface area contributed by atoms with E-state index in [4.69, 9.17) is 4.74 Å². The van der Waals surface area contributed by atoms with Crippen molar-refractivity contribution >= 4 is 34.2 Å². The smallest absolute Gasteiger partial charge is 0.422 e. The van der Waals surface area contributed by atoms with Crippen molar-refractivity contribution in [1.29, 1.82) is 0 Å². The predicted molar refractivity (Wildman–Crippen MR) is 104 cm³/mol. The number of likely N-dealkylation sites (tertiary alicyclic amines) is 1. The first-order valence-electron chi connectivity index (χ1n) is 9.44. The number of carbonyl (C=O) groups is 2. The van der Waals surface area contributed by atoms with Crippen LogP contribution in [0.1, 0.15) is 47.0 Å². The second kappa shape index (κ2) is 8.80. The Balaban J connectivity index is 1.78. The molecule has 1 fully saturated rings. The predicted octanol–water partition coefficient (Wildman–Crippen LogP) is 2.95. The van der Waals surface area contributed by atoms with Gasteiger partial charge in [0, 0.05) is 25.2 Å². The van der Waals surface area contributed by atoms with Gasteiger partial charge in [-0.05, 0) is 26.7 Å². The fraction of sp³-hybridized carbons (Fsp3) is 0.611. The molecule has 0 radical (unpaired) electrons. The summed E-state index contributed by atoms with van der Waals surface area (Å²) < 4.78 is 47.1. The minimum Gasteiger partial charge on any atom is -0.473 e. The minimum atomic E-state index is -4.55. The fourth-order valence-corrected chi connectivity index (χ4v) is 4.24. The van der Waals surface area contributed by atoms with Gasteiger partial charge in [-0.1, -0.05) is 11.3 Å². The maximum atomic E-state index is 12.6. The average Bonchev–Trinajstić information content (AvgIpc) is 3.25. The Morgan fingerprint density at radius 1 is 1.33 bits per heavy atom. The number of piperidine rings is 1. The minimum absolute atomic E-state index is 0.0317. The second-order valence-corrected chi connectivity index (χ2v) is 8.28. The molecule has 0 aliphatic carbocycles. The van der Waals surface area contributed by atoms with Crippen molar-refractivity contribution in [3.8, 4) is 5.06 Å². The summed E-state index contributed by atoms with van der Waals surface area (Å²) in [6.07, 6.45) is -2.98. The van der Waals surface area contributed by atoms with E-state index in [1.165, 1.54) is 0 Å². The summed E-state index contributed by atoms with van der Waals surface area (Å²) in [5, 5.41) is 2.71. The van der Waals surface area contributed by atoms with Crippen LogP contribution < -0.4 is 10.1 Å². The van der Waals surface area contributed by atoms with Crippen LogP contribution >= 0.6 is 11.3 Å². The Hall–Kier alpha value is -2.34. The Morgan fingerprint density at radius 3 is 2.57 bits per heavy atom. The van der Waals surface area contributed by atoms with Gasteiger partial charge in [-0.2, -0.15) is 13.2 Å². The molecular weight excluding hydrogens is 425 g/mol. The van der Waals surface area contributed by atoms with Crippen molar-refractivity contribution in [3.63, 3.8) is 0 Å². The van der Waals surface area contributed by atoms with Gasteiger partial charge in [0.15, 0.2) is 12.4 Å². The number of nitrogens with one attached hydrogen (secondary N) is 2. The number of fused-ring (bicyclic) bond motifs is 1. The van der Waals surface area contributed by atoms with Gasteiger partial charge in [0.05, 0.1) is 7.11 Å². The number of carbonyl (C=O) groups excluding carboxylic acids is 2. The maximum absolute atomic E-state index is 12.6. The van der Waals surface area contributed by atoms with E-state index in [9.17, 15) is 22.8 Å². The van der Waals surface area contributed by atoms with Gasteiger partial charge in [-0.25, -0.2) is 9.78 Å². The molecular formula is C18H23F3N4O4S. The highest BCUT2D eigenvalue weighted by Crippen LogP contribution is 2.37. The number of hydrogen-bond acceptors (Lipinski definition) is 7. The second-order valence-electron chi connectivity index (χ2n) is 7.30. The van der Waals surface area contributed by atoms with Gasteiger partial charge in [-0.15, -0.1) is 0 Å². The number of thiophene rings is 1. The third-order valence-electron chi connectivity index (χ3n) is 4.87. The molecule has 2 N–H and O–H groups in total. The first-order chi connectivity index (χ1) is 14.1. The average molecular weight is 448 g/mol. The zero-order valence-electron chi connectivity index (χ0n) is 16.8. The fourth-order valence-electron chi connectivity index (χ4n) is 3.28. The quantitative estimate of drug-likeness (QED) is 0.660. The van der Waals surface area contributed by atoms with E-state index in [1.807, 2.05) is 0 Å². The molecule has 3 heterocycles. The molecule has 2 aromatic rings. The molecule has 1 amide bonds. The van der Waals surface area contributed by atoms with Crippen LogP contribution in [-0.2, 0) is 4.74 Å². The SMILES string of the molecule is COC(=O)c1sc(OCC(F)(F)F)c2[nH]c(C(=O)NC3CCN(C(C)C)CC3)nc12. The molecule has 8 nitrogen and oxygen atoms in total. The molecule has 0 spiro atoms. The molecule has 0 saturated carbocycles. The molecule has 3 rings (SSSR count). The molecule has 30 heavy (non-hydrogen) atoms. The number of nitrogens with zero attached hydrogens (tertiary/aromatic N) is 2. The molecule has 2 aromatic heterocycles. The van der Waals surface area contributed by atoms with E-state index in [-0.39, 0.29) is 32.8 Å². The number of hydrogen-bond donors (Lipinski definition) is 2.